The van der Waals surface area contributed by atoms with Crippen molar-refractivity contribution in [3.8, 4) is 0 Å². The molecule has 0 bridgehead atoms. The maximum Gasteiger partial charge on any atom is 0.392 e. The second kappa shape index (κ2) is 7.18. The highest BCUT2D eigenvalue weighted by Crippen LogP contribution is 2.24. The van der Waals surface area contributed by atoms with Crippen LogP contribution in [-0.4, -0.2) is 88.6 Å². The molecule has 1 atom stereocenters. The number of piperidine rings is 1. The lowest BCUT2D eigenvalue weighted by Gasteiger charge is -2.33. The Balaban J connectivity index is 1.73. The molecule has 8 nitrogen and oxygen atoms in total. The first-order valence-electron chi connectivity index (χ1n) is 9.59. The molecule has 3 heterocycles. The lowest BCUT2D eigenvalue weighted by atomic mass is 10.1. The van der Waals surface area contributed by atoms with Gasteiger partial charge in [-0.15, -0.1) is 0 Å². The van der Waals surface area contributed by atoms with Crippen LogP contribution in [0.2, 0.25) is 0 Å². The summed E-state index contributed by atoms with van der Waals surface area (Å²) < 4.78 is 2.12. The Morgan fingerprint density at radius 2 is 1.75 bits per heavy atom. The summed E-state index contributed by atoms with van der Waals surface area (Å²) in [6.45, 7) is 1.70. The molecule has 0 aromatic heterocycles. The molecule has 8 heteroatoms. The molecule has 0 spiro atoms. The number of urea groups is 1. The molecule has 4 rings (SSSR count). The standard InChI is InChI=1S/C20H24N5O3/c1-22-17-16(18(27)23(2)20(22)28)25(13-15(26)14-9-5-3-6-10-14)19(21-17)24-11-7-4-8-12-24/h3,5-6,9-10,16H,4,7-8,11-13H2,1-2H3/q+1. The van der Waals surface area contributed by atoms with Crippen LogP contribution in [0, 0.1) is 0 Å². The maximum absolute atomic E-state index is 12.9. The first kappa shape index (κ1) is 18.3. The highest BCUT2D eigenvalue weighted by molar-refractivity contribution is 6.25. The van der Waals surface area contributed by atoms with E-state index in [0.717, 1.165) is 37.3 Å². The van der Waals surface area contributed by atoms with Gasteiger partial charge in [0.25, 0.3) is 5.91 Å². The van der Waals surface area contributed by atoms with Crippen LogP contribution in [0.1, 0.15) is 29.6 Å². The van der Waals surface area contributed by atoms with Gasteiger partial charge in [-0.25, -0.2) is 9.69 Å². The van der Waals surface area contributed by atoms with Crippen molar-refractivity contribution in [1.29, 1.82) is 0 Å². The molecule has 1 aromatic carbocycles. The number of ketones is 1. The number of carbonyl (C=O) groups is 3. The molecular weight excluding hydrogens is 358 g/mol. The van der Waals surface area contributed by atoms with Crippen LogP contribution in [0.3, 0.4) is 0 Å². The van der Waals surface area contributed by atoms with Crippen molar-refractivity contribution < 1.29 is 19.0 Å². The van der Waals surface area contributed by atoms with Crippen LogP contribution in [-0.2, 0) is 4.79 Å². The van der Waals surface area contributed by atoms with E-state index in [-0.39, 0.29) is 18.2 Å². The number of imide groups is 1. The Morgan fingerprint density at radius 3 is 2.43 bits per heavy atom. The first-order valence-corrected chi connectivity index (χ1v) is 9.59. The first-order chi connectivity index (χ1) is 13.5. The largest absolute Gasteiger partial charge is 0.392 e. The molecule has 1 aromatic rings. The van der Waals surface area contributed by atoms with Gasteiger partial charge in [-0.2, -0.15) is 0 Å². The van der Waals surface area contributed by atoms with Crippen molar-refractivity contribution in [3.63, 3.8) is 0 Å². The number of fused-ring (bicyclic) bond motifs is 1. The molecule has 2 saturated heterocycles. The highest BCUT2D eigenvalue weighted by Gasteiger charge is 2.55. The van der Waals surface area contributed by atoms with Gasteiger partial charge >= 0.3 is 12.0 Å². The lowest BCUT2D eigenvalue weighted by molar-refractivity contribution is -0.542. The molecule has 0 N–H and O–H groups in total. The van der Waals surface area contributed by atoms with Crippen molar-refractivity contribution in [2.24, 2.45) is 4.99 Å². The number of benzene rings is 1. The Morgan fingerprint density at radius 1 is 1.07 bits per heavy atom. The van der Waals surface area contributed by atoms with E-state index in [1.54, 1.807) is 24.1 Å². The summed E-state index contributed by atoms with van der Waals surface area (Å²) in [5.41, 5.74) is 0.593. The Hall–Kier alpha value is -3.03. The lowest BCUT2D eigenvalue weighted by Crippen LogP contribution is -2.63. The molecular formula is C20H24N5O3+. The molecule has 0 radical (unpaired) electrons. The van der Waals surface area contributed by atoms with Gasteiger partial charge in [0, 0.05) is 19.7 Å². The van der Waals surface area contributed by atoms with E-state index in [9.17, 15) is 14.4 Å². The van der Waals surface area contributed by atoms with Crippen molar-refractivity contribution in [2.45, 2.75) is 25.3 Å². The van der Waals surface area contributed by atoms with Crippen LogP contribution in [0.25, 0.3) is 0 Å². The maximum atomic E-state index is 12.9. The van der Waals surface area contributed by atoms with Gasteiger partial charge in [-0.1, -0.05) is 35.3 Å². The molecule has 3 aliphatic heterocycles. The fourth-order valence-electron chi connectivity index (χ4n) is 3.96. The topological polar surface area (TPSA) is 76.3 Å². The van der Waals surface area contributed by atoms with E-state index in [4.69, 9.17) is 0 Å². The summed E-state index contributed by atoms with van der Waals surface area (Å²) in [5.74, 6) is 0.582. The molecule has 3 amide bonds. The van der Waals surface area contributed by atoms with E-state index in [1.807, 2.05) is 18.2 Å². The minimum atomic E-state index is -0.753. The van der Waals surface area contributed by atoms with Crippen LogP contribution >= 0.6 is 0 Å². The van der Waals surface area contributed by atoms with Gasteiger partial charge in [-0.05, 0) is 19.3 Å². The zero-order valence-electron chi connectivity index (χ0n) is 16.2. The molecule has 0 aliphatic carbocycles. The number of rotatable bonds is 3. The minimum absolute atomic E-state index is 0.0368. The van der Waals surface area contributed by atoms with Crippen molar-refractivity contribution >= 4 is 29.5 Å². The average Bonchev–Trinajstić information content (AvgIpc) is 3.11. The quantitative estimate of drug-likeness (QED) is 0.578. The molecule has 28 heavy (non-hydrogen) atoms. The van der Waals surface area contributed by atoms with Crippen LogP contribution < -0.4 is 0 Å². The third kappa shape index (κ3) is 2.98. The van der Waals surface area contributed by atoms with E-state index >= 15 is 0 Å². The van der Waals surface area contributed by atoms with Crippen LogP contribution in [0.5, 0.6) is 0 Å². The third-order valence-electron chi connectivity index (χ3n) is 5.56. The van der Waals surface area contributed by atoms with Crippen molar-refractivity contribution in [2.75, 3.05) is 33.7 Å². The monoisotopic (exact) mass is 382 g/mol. The predicted octanol–water partition coefficient (Wildman–Crippen LogP) is 1.03. The zero-order valence-corrected chi connectivity index (χ0v) is 16.2. The van der Waals surface area contributed by atoms with Gasteiger partial charge in [0.2, 0.25) is 11.9 Å². The zero-order chi connectivity index (χ0) is 19.8. The Labute approximate surface area is 163 Å². The number of carbonyl (C=O) groups excluding carboxylic acids is 3. The molecule has 0 saturated carbocycles. The molecule has 3 aliphatic rings. The summed E-state index contributed by atoms with van der Waals surface area (Å²) in [5, 5.41) is 0. The van der Waals surface area contributed by atoms with Gasteiger partial charge in [0.1, 0.15) is 6.54 Å². The number of amidine groups is 1. The number of aliphatic imine (C=N–C) groups is 1. The number of likely N-dealkylation sites (N-methyl/N-ethyl adjacent to an activating group) is 2. The SMILES string of the molecule is CN1C(=O)C2C(=NC(=[N+]3CCCCC3)N2CC(=O)c2ccccc2)N(C)C1=O. The average molecular weight is 382 g/mol. The van der Waals surface area contributed by atoms with Gasteiger partial charge in [0.15, 0.2) is 5.78 Å². The van der Waals surface area contributed by atoms with Crippen LogP contribution in [0.15, 0.2) is 35.3 Å². The number of Topliss-reactive ketones (excluding diaryl/α,β-unsaturated/α-hetero) is 1. The van der Waals surface area contributed by atoms with Gasteiger partial charge in [0.05, 0.1) is 13.1 Å². The second-order valence-corrected chi connectivity index (χ2v) is 7.38. The number of guanidine groups is 1. The fraction of sp³-hybridized carbons (Fsp3) is 0.450. The van der Waals surface area contributed by atoms with E-state index in [0.29, 0.717) is 17.4 Å². The normalized spacial score (nSPS) is 22.6. The molecule has 2 fully saturated rings. The van der Waals surface area contributed by atoms with E-state index < -0.39 is 12.1 Å². The number of nitrogens with zero attached hydrogens (tertiary/aromatic N) is 5. The Kier molecular flexibility index (Phi) is 4.70. The van der Waals surface area contributed by atoms with Crippen LogP contribution in [0.4, 0.5) is 4.79 Å². The second-order valence-electron chi connectivity index (χ2n) is 7.38. The van der Waals surface area contributed by atoms with Gasteiger partial charge < -0.3 is 0 Å². The molecule has 146 valence electrons. The summed E-state index contributed by atoms with van der Waals surface area (Å²) >= 11 is 0. The summed E-state index contributed by atoms with van der Waals surface area (Å²) in [7, 11) is 3.08. The summed E-state index contributed by atoms with van der Waals surface area (Å²) in [6, 6.07) is 7.88. The van der Waals surface area contributed by atoms with Crippen molar-refractivity contribution in [3.05, 3.63) is 35.9 Å². The Bertz CT molecular complexity index is 884. The summed E-state index contributed by atoms with van der Waals surface area (Å²) in [6.07, 6.45) is 3.25. The third-order valence-corrected chi connectivity index (χ3v) is 5.56. The van der Waals surface area contributed by atoms with Crippen molar-refractivity contribution in [1.82, 2.24) is 14.7 Å². The number of amides is 3. The number of hydrogen-bond acceptors (Lipinski definition) is 3. The minimum Gasteiger partial charge on any atom is -0.291 e. The smallest absolute Gasteiger partial charge is 0.291 e. The highest BCUT2D eigenvalue weighted by atomic mass is 16.2. The predicted molar refractivity (Wildman–Crippen MR) is 103 cm³/mol. The van der Waals surface area contributed by atoms with E-state index in [1.165, 1.54) is 11.9 Å². The molecule has 1 unspecified atom stereocenters. The van der Waals surface area contributed by atoms with Gasteiger partial charge in [-0.3, -0.25) is 24.0 Å². The number of hydrogen-bond donors (Lipinski definition) is 0. The summed E-state index contributed by atoms with van der Waals surface area (Å²) in [4.78, 5) is 47.1. The fourth-order valence-corrected chi connectivity index (χ4v) is 3.96. The van der Waals surface area contributed by atoms with E-state index in [2.05, 4.69) is 9.57 Å².